The molecule has 1 aromatic rings. The van der Waals surface area contributed by atoms with Crippen LogP contribution in [0.4, 0.5) is 0 Å². The third-order valence-corrected chi connectivity index (χ3v) is 10.5. The number of benzene rings is 1. The highest BCUT2D eigenvalue weighted by atomic mass is 28.4. The van der Waals surface area contributed by atoms with Gasteiger partial charge in [0.2, 0.25) is 0 Å². The molecule has 174 valence electrons. The zero-order chi connectivity index (χ0) is 22.5. The molecule has 0 aliphatic carbocycles. The minimum absolute atomic E-state index is 0.495. The smallest absolute Gasteiger partial charge is 0.496 e. The maximum atomic E-state index is 6.10. The number of ether oxygens (including phenoxy) is 1. The Labute approximate surface area is 184 Å². The molecule has 0 radical (unpaired) electrons. The first kappa shape index (κ1) is 27.2. The highest BCUT2D eigenvalue weighted by Gasteiger charge is 2.46. The van der Waals surface area contributed by atoms with Crippen LogP contribution in [0.25, 0.3) is 0 Å². The van der Waals surface area contributed by atoms with Crippen LogP contribution < -0.4 is 9.92 Å². The molecule has 1 rings (SSSR count). The first-order chi connectivity index (χ1) is 14.5. The summed E-state index contributed by atoms with van der Waals surface area (Å²) in [6.45, 7) is 14.9. The fraction of sp³-hybridized carbons (Fsp3) is 0.714. The maximum Gasteiger partial charge on any atom is 0.541 e. The summed E-state index contributed by atoms with van der Waals surface area (Å²) < 4.78 is 42.2. The van der Waals surface area contributed by atoms with Crippen LogP contribution in [0.15, 0.2) is 18.2 Å². The molecular formula is C21H40O7Si2. The lowest BCUT2D eigenvalue weighted by Crippen LogP contribution is -2.57. The van der Waals surface area contributed by atoms with Gasteiger partial charge < -0.3 is 31.3 Å². The molecule has 7 nitrogen and oxygen atoms in total. The molecule has 0 fully saturated rings. The fourth-order valence-electron chi connectivity index (χ4n) is 3.48. The Morgan fingerprint density at radius 2 is 1.13 bits per heavy atom. The van der Waals surface area contributed by atoms with E-state index in [-0.39, 0.29) is 0 Å². The van der Waals surface area contributed by atoms with Crippen LogP contribution in [0.1, 0.15) is 47.1 Å². The summed E-state index contributed by atoms with van der Waals surface area (Å²) in [5.74, 6) is 0.743. The zero-order valence-corrected chi connectivity index (χ0v) is 21.7. The quantitative estimate of drug-likeness (QED) is 0.329. The summed E-state index contributed by atoms with van der Waals surface area (Å²) in [7, 11) is -4.19. The molecule has 0 aromatic heterocycles. The molecule has 1 aromatic carbocycles. The van der Waals surface area contributed by atoms with Gasteiger partial charge in [0.1, 0.15) is 5.75 Å². The van der Waals surface area contributed by atoms with Gasteiger partial charge in [0.05, 0.1) is 12.3 Å². The largest absolute Gasteiger partial charge is 0.541 e. The topological polar surface area (TPSA) is 64.6 Å². The van der Waals surface area contributed by atoms with Crippen LogP contribution in [-0.4, -0.2) is 64.4 Å². The summed E-state index contributed by atoms with van der Waals surface area (Å²) >= 11 is 0. The van der Waals surface area contributed by atoms with Gasteiger partial charge in [-0.05, 0) is 53.5 Å². The van der Waals surface area contributed by atoms with Crippen molar-refractivity contribution in [2.24, 2.45) is 0 Å². The van der Waals surface area contributed by atoms with Crippen molar-refractivity contribution in [1.29, 1.82) is 0 Å². The SMILES string of the molecule is CCO[Si](CCc1cccc([Si](OCC)(OCC)OCC)c1OC)(OCC)OCC. The number of hydrogen-bond acceptors (Lipinski definition) is 7. The Kier molecular flexibility index (Phi) is 13.0. The Morgan fingerprint density at radius 3 is 1.53 bits per heavy atom. The molecule has 0 unspecified atom stereocenters. The van der Waals surface area contributed by atoms with E-state index in [0.29, 0.717) is 52.1 Å². The molecule has 0 aliphatic rings. The average Bonchev–Trinajstić information content (AvgIpc) is 2.73. The zero-order valence-electron chi connectivity index (χ0n) is 19.7. The van der Waals surface area contributed by atoms with Crippen molar-refractivity contribution in [3.8, 4) is 5.75 Å². The first-order valence-corrected chi connectivity index (χ1v) is 14.7. The van der Waals surface area contributed by atoms with E-state index in [1.807, 2.05) is 59.7 Å². The minimum Gasteiger partial charge on any atom is -0.496 e. The van der Waals surface area contributed by atoms with Crippen molar-refractivity contribution in [3.05, 3.63) is 23.8 Å². The minimum atomic E-state index is -3.10. The molecule has 0 N–H and O–H groups in total. The van der Waals surface area contributed by atoms with Crippen molar-refractivity contribution in [2.45, 2.75) is 54.0 Å². The number of para-hydroxylation sites is 1. The lowest BCUT2D eigenvalue weighted by atomic mass is 10.1. The third-order valence-electron chi connectivity index (χ3n) is 4.43. The summed E-state index contributed by atoms with van der Waals surface area (Å²) in [4.78, 5) is 0. The van der Waals surface area contributed by atoms with Crippen LogP contribution in [0.2, 0.25) is 6.04 Å². The number of aryl methyl sites for hydroxylation is 1. The van der Waals surface area contributed by atoms with Crippen LogP contribution in [0, 0.1) is 0 Å². The van der Waals surface area contributed by atoms with E-state index >= 15 is 0 Å². The maximum absolute atomic E-state index is 6.10. The van der Waals surface area contributed by atoms with Crippen LogP contribution >= 0.6 is 0 Å². The lowest BCUT2D eigenvalue weighted by molar-refractivity contribution is 0.0714. The van der Waals surface area contributed by atoms with E-state index in [9.17, 15) is 0 Å². The van der Waals surface area contributed by atoms with Crippen molar-refractivity contribution < 1.29 is 31.3 Å². The molecule has 0 saturated carbocycles. The number of methoxy groups -OCH3 is 1. The molecule has 0 atom stereocenters. The summed E-state index contributed by atoms with van der Waals surface area (Å²) in [6, 6.07) is 6.69. The van der Waals surface area contributed by atoms with Crippen molar-refractivity contribution in [3.63, 3.8) is 0 Å². The molecule has 30 heavy (non-hydrogen) atoms. The standard InChI is InChI=1S/C21H40O7Si2/c1-8-23-29(24-9-2,25-10-3)18-17-19-15-14-16-20(21(19)22-7)30(26-11-4,27-12-5)28-13-6/h14-16H,8-13,17-18H2,1-7H3. The first-order valence-electron chi connectivity index (χ1n) is 11.0. The Balaban J connectivity index is 3.32. The van der Waals surface area contributed by atoms with Gasteiger partial charge in [0, 0.05) is 45.7 Å². The van der Waals surface area contributed by atoms with Gasteiger partial charge in [-0.15, -0.1) is 0 Å². The molecule has 0 amide bonds. The predicted octanol–water partition coefficient (Wildman–Crippen LogP) is 3.54. The summed E-state index contributed by atoms with van der Waals surface area (Å²) in [5.41, 5.74) is 1.03. The van der Waals surface area contributed by atoms with Gasteiger partial charge in [-0.1, -0.05) is 18.2 Å². The molecule has 0 spiro atoms. The van der Waals surface area contributed by atoms with Crippen LogP contribution in [0.3, 0.4) is 0 Å². The van der Waals surface area contributed by atoms with Gasteiger partial charge in [0.15, 0.2) is 0 Å². The highest BCUT2D eigenvalue weighted by molar-refractivity contribution is 6.76. The molecule has 0 aliphatic heterocycles. The van der Waals surface area contributed by atoms with Gasteiger partial charge in [-0.2, -0.15) is 0 Å². The fourth-order valence-corrected chi connectivity index (χ4v) is 8.76. The summed E-state index contributed by atoms with van der Waals surface area (Å²) in [6.07, 6.45) is 0.693. The van der Waals surface area contributed by atoms with E-state index in [2.05, 4.69) is 0 Å². The van der Waals surface area contributed by atoms with Crippen LogP contribution in [0.5, 0.6) is 5.75 Å². The van der Waals surface area contributed by atoms with E-state index in [0.717, 1.165) is 16.5 Å². The van der Waals surface area contributed by atoms with E-state index in [1.165, 1.54) is 0 Å². The second-order valence-electron chi connectivity index (χ2n) is 6.34. The molecular weight excluding hydrogens is 420 g/mol. The molecule has 0 heterocycles. The van der Waals surface area contributed by atoms with Crippen molar-refractivity contribution >= 4 is 22.8 Å². The van der Waals surface area contributed by atoms with Gasteiger partial charge in [-0.3, -0.25) is 0 Å². The number of hydrogen-bond donors (Lipinski definition) is 0. The van der Waals surface area contributed by atoms with Gasteiger partial charge in [-0.25, -0.2) is 0 Å². The highest BCUT2D eigenvalue weighted by Crippen LogP contribution is 2.26. The molecule has 0 saturated heterocycles. The normalized spacial score (nSPS) is 12.4. The second kappa shape index (κ2) is 14.3. The van der Waals surface area contributed by atoms with E-state index < -0.39 is 17.6 Å². The second-order valence-corrected chi connectivity index (χ2v) is 11.6. The van der Waals surface area contributed by atoms with Gasteiger partial charge >= 0.3 is 17.6 Å². The monoisotopic (exact) mass is 460 g/mol. The van der Waals surface area contributed by atoms with Crippen molar-refractivity contribution in [1.82, 2.24) is 0 Å². The van der Waals surface area contributed by atoms with Gasteiger partial charge in [0.25, 0.3) is 0 Å². The Morgan fingerprint density at radius 1 is 0.667 bits per heavy atom. The van der Waals surface area contributed by atoms with Crippen LogP contribution in [-0.2, 0) is 33.0 Å². The molecule has 0 bridgehead atoms. The van der Waals surface area contributed by atoms with E-state index in [4.69, 9.17) is 31.3 Å². The molecule has 9 heteroatoms. The summed E-state index contributed by atoms with van der Waals surface area (Å²) in [5, 5.41) is 0.851. The predicted molar refractivity (Wildman–Crippen MR) is 122 cm³/mol. The lowest BCUT2D eigenvalue weighted by Gasteiger charge is -2.31. The Hall–Kier alpha value is -0.786. The average molecular weight is 461 g/mol. The van der Waals surface area contributed by atoms with E-state index in [1.54, 1.807) is 7.11 Å². The van der Waals surface area contributed by atoms with Crippen molar-refractivity contribution in [2.75, 3.05) is 46.8 Å². The Bertz CT molecular complexity index is 567. The third kappa shape index (κ3) is 7.13. The number of rotatable bonds is 17.